The van der Waals surface area contributed by atoms with Gasteiger partial charge in [-0.1, -0.05) is 18.2 Å². The number of carbonyl (C=O) groups is 1. The average Bonchev–Trinajstić information content (AvgIpc) is 3.44. The molecular formula is C27H27N5O2. The predicted octanol–water partition coefficient (Wildman–Crippen LogP) is 5.88. The third kappa shape index (κ3) is 3.90. The monoisotopic (exact) mass is 453 g/mol. The summed E-state index contributed by atoms with van der Waals surface area (Å²) < 4.78 is 5.70. The Bertz CT molecular complexity index is 1480. The number of fused-ring (bicyclic) bond motifs is 2. The van der Waals surface area contributed by atoms with Gasteiger partial charge in [-0.05, 0) is 81.3 Å². The molecule has 7 nitrogen and oxygen atoms in total. The van der Waals surface area contributed by atoms with E-state index in [0.29, 0.717) is 16.8 Å². The normalized spacial score (nSPS) is 11.3. The van der Waals surface area contributed by atoms with Crippen molar-refractivity contribution in [2.75, 3.05) is 23.3 Å². The fourth-order valence-electron chi connectivity index (χ4n) is 4.24. The molecule has 0 saturated heterocycles. The van der Waals surface area contributed by atoms with Crippen LogP contribution in [-0.2, 0) is 0 Å². The number of hydrogen-bond donors (Lipinski definition) is 1. The first-order valence-electron chi connectivity index (χ1n) is 11.5. The van der Waals surface area contributed by atoms with E-state index in [2.05, 4.69) is 54.3 Å². The third-order valence-corrected chi connectivity index (χ3v) is 6.15. The summed E-state index contributed by atoms with van der Waals surface area (Å²) in [6.07, 6.45) is 0. The lowest BCUT2D eigenvalue weighted by atomic mass is 10.1. The fourth-order valence-corrected chi connectivity index (χ4v) is 4.24. The molecule has 172 valence electrons. The summed E-state index contributed by atoms with van der Waals surface area (Å²) in [4.78, 5) is 16.8. The van der Waals surface area contributed by atoms with E-state index in [-0.39, 0.29) is 11.7 Å². The molecule has 0 spiro atoms. The lowest BCUT2D eigenvalue weighted by Crippen LogP contribution is -2.21. The molecule has 0 bridgehead atoms. The summed E-state index contributed by atoms with van der Waals surface area (Å²) in [6, 6.07) is 19.4. The SMILES string of the molecule is CCN(CC)c1ccc(-n2nc3cc(C)c(NC(=O)c4cc5ccccc5o4)cc3n2)c(C)c1. The maximum atomic E-state index is 12.8. The molecule has 0 radical (unpaired) electrons. The number of para-hydroxylation sites is 1. The Morgan fingerprint density at radius 3 is 2.38 bits per heavy atom. The minimum Gasteiger partial charge on any atom is -0.451 e. The summed E-state index contributed by atoms with van der Waals surface area (Å²) >= 11 is 0. The summed E-state index contributed by atoms with van der Waals surface area (Å²) in [7, 11) is 0. The van der Waals surface area contributed by atoms with Crippen LogP contribution in [0.15, 0.2) is 65.1 Å². The molecule has 5 rings (SSSR count). The van der Waals surface area contributed by atoms with Gasteiger partial charge in [-0.15, -0.1) is 10.2 Å². The summed E-state index contributed by atoms with van der Waals surface area (Å²) in [5, 5.41) is 13.2. The minimum atomic E-state index is -0.297. The molecule has 1 N–H and O–H groups in total. The van der Waals surface area contributed by atoms with Gasteiger partial charge >= 0.3 is 0 Å². The van der Waals surface area contributed by atoms with E-state index in [1.54, 1.807) is 10.9 Å². The Balaban J connectivity index is 1.44. The van der Waals surface area contributed by atoms with E-state index in [1.165, 1.54) is 5.69 Å². The molecule has 3 aromatic carbocycles. The highest BCUT2D eigenvalue weighted by atomic mass is 16.3. The summed E-state index contributed by atoms with van der Waals surface area (Å²) in [5.41, 5.74) is 6.96. The number of nitrogens with zero attached hydrogens (tertiary/aromatic N) is 4. The van der Waals surface area contributed by atoms with Crippen LogP contribution in [0.5, 0.6) is 0 Å². The van der Waals surface area contributed by atoms with Crippen LogP contribution in [0.1, 0.15) is 35.5 Å². The number of benzene rings is 3. The molecule has 0 aliphatic carbocycles. The van der Waals surface area contributed by atoms with E-state index < -0.39 is 0 Å². The number of amides is 1. The van der Waals surface area contributed by atoms with Crippen molar-refractivity contribution >= 4 is 39.3 Å². The Hall–Kier alpha value is -4.13. The molecule has 2 aromatic heterocycles. The summed E-state index contributed by atoms with van der Waals surface area (Å²) in [6.45, 7) is 10.2. The number of anilines is 2. The van der Waals surface area contributed by atoms with Gasteiger partial charge in [-0.25, -0.2) is 0 Å². The second kappa shape index (κ2) is 8.67. The lowest BCUT2D eigenvalue weighted by Gasteiger charge is -2.22. The van der Waals surface area contributed by atoms with Crippen LogP contribution in [0.25, 0.3) is 27.7 Å². The number of furan rings is 1. The quantitative estimate of drug-likeness (QED) is 0.347. The van der Waals surface area contributed by atoms with Crippen LogP contribution in [0.4, 0.5) is 11.4 Å². The van der Waals surface area contributed by atoms with Gasteiger partial charge in [-0.3, -0.25) is 4.79 Å². The van der Waals surface area contributed by atoms with E-state index in [0.717, 1.165) is 40.8 Å². The molecule has 0 atom stereocenters. The number of carbonyl (C=O) groups excluding carboxylic acids is 1. The fraction of sp³-hybridized carbons (Fsp3) is 0.222. The largest absolute Gasteiger partial charge is 0.451 e. The van der Waals surface area contributed by atoms with Gasteiger partial charge in [0.1, 0.15) is 16.6 Å². The van der Waals surface area contributed by atoms with Crippen molar-refractivity contribution in [2.45, 2.75) is 27.7 Å². The lowest BCUT2D eigenvalue weighted by molar-refractivity contribution is 0.0998. The molecule has 0 saturated carbocycles. The van der Waals surface area contributed by atoms with Gasteiger partial charge in [0, 0.05) is 29.9 Å². The molecule has 1 amide bonds. The van der Waals surface area contributed by atoms with Gasteiger partial charge in [0.25, 0.3) is 5.91 Å². The maximum absolute atomic E-state index is 12.8. The van der Waals surface area contributed by atoms with Crippen LogP contribution in [0.2, 0.25) is 0 Å². The zero-order chi connectivity index (χ0) is 23.8. The molecule has 0 aliphatic heterocycles. The molecule has 5 aromatic rings. The number of aryl methyl sites for hydroxylation is 2. The Kier molecular flexibility index (Phi) is 5.53. The number of aromatic nitrogens is 3. The maximum Gasteiger partial charge on any atom is 0.291 e. The molecule has 34 heavy (non-hydrogen) atoms. The minimum absolute atomic E-state index is 0.272. The Morgan fingerprint density at radius 2 is 1.68 bits per heavy atom. The highest BCUT2D eigenvalue weighted by Crippen LogP contribution is 2.26. The number of rotatable bonds is 6. The molecule has 0 aliphatic rings. The van der Waals surface area contributed by atoms with Gasteiger partial charge < -0.3 is 14.6 Å². The van der Waals surface area contributed by atoms with E-state index in [9.17, 15) is 4.79 Å². The molecule has 7 heteroatoms. The predicted molar refractivity (Wildman–Crippen MR) is 136 cm³/mol. The first kappa shape index (κ1) is 21.7. The van der Waals surface area contributed by atoms with E-state index in [1.807, 2.05) is 43.3 Å². The van der Waals surface area contributed by atoms with Crippen LogP contribution < -0.4 is 10.2 Å². The van der Waals surface area contributed by atoms with Crippen molar-refractivity contribution in [1.82, 2.24) is 15.0 Å². The topological polar surface area (TPSA) is 76.2 Å². The summed E-state index contributed by atoms with van der Waals surface area (Å²) in [5.74, 6) is -0.0258. The van der Waals surface area contributed by atoms with Crippen molar-refractivity contribution < 1.29 is 9.21 Å². The van der Waals surface area contributed by atoms with Crippen LogP contribution >= 0.6 is 0 Å². The Morgan fingerprint density at radius 1 is 0.941 bits per heavy atom. The average molecular weight is 454 g/mol. The van der Waals surface area contributed by atoms with Gasteiger partial charge in [0.2, 0.25) is 0 Å². The molecule has 0 unspecified atom stereocenters. The standard InChI is InChI=1S/C27H27N5O2/c1-5-31(6-2)20-11-12-24(18(4)13-20)32-29-22-14-17(3)21(16-23(22)30-32)28-27(33)26-15-19-9-7-8-10-25(19)34-26/h7-16H,5-6H2,1-4H3,(H,28,33). The van der Waals surface area contributed by atoms with Crippen LogP contribution in [0, 0.1) is 13.8 Å². The second-order valence-corrected chi connectivity index (χ2v) is 8.39. The second-order valence-electron chi connectivity index (χ2n) is 8.39. The zero-order valence-corrected chi connectivity index (χ0v) is 19.8. The van der Waals surface area contributed by atoms with E-state index >= 15 is 0 Å². The van der Waals surface area contributed by atoms with Crippen molar-refractivity contribution in [1.29, 1.82) is 0 Å². The van der Waals surface area contributed by atoms with E-state index in [4.69, 9.17) is 9.52 Å². The number of hydrogen-bond acceptors (Lipinski definition) is 5. The Labute approximate surface area is 198 Å². The van der Waals surface area contributed by atoms with Crippen LogP contribution in [0.3, 0.4) is 0 Å². The van der Waals surface area contributed by atoms with Crippen LogP contribution in [-0.4, -0.2) is 34.0 Å². The molecule has 2 heterocycles. The van der Waals surface area contributed by atoms with Crippen molar-refractivity contribution in [3.63, 3.8) is 0 Å². The number of nitrogens with one attached hydrogen (secondary N) is 1. The smallest absolute Gasteiger partial charge is 0.291 e. The first-order chi connectivity index (χ1) is 16.5. The first-order valence-corrected chi connectivity index (χ1v) is 11.5. The van der Waals surface area contributed by atoms with Crippen molar-refractivity contribution in [3.8, 4) is 5.69 Å². The van der Waals surface area contributed by atoms with Gasteiger partial charge in [0.15, 0.2) is 5.76 Å². The van der Waals surface area contributed by atoms with Crippen molar-refractivity contribution in [3.05, 3.63) is 77.6 Å². The van der Waals surface area contributed by atoms with Crippen molar-refractivity contribution in [2.24, 2.45) is 0 Å². The highest BCUT2D eigenvalue weighted by Gasteiger charge is 2.16. The molecule has 0 fully saturated rings. The highest BCUT2D eigenvalue weighted by molar-refractivity contribution is 6.05. The molecular weight excluding hydrogens is 426 g/mol. The van der Waals surface area contributed by atoms with Gasteiger partial charge in [0.05, 0.1) is 5.69 Å². The zero-order valence-electron chi connectivity index (χ0n) is 19.8. The van der Waals surface area contributed by atoms with Gasteiger partial charge in [-0.2, -0.15) is 4.80 Å². The third-order valence-electron chi connectivity index (χ3n) is 6.15.